The van der Waals surface area contributed by atoms with Crippen molar-refractivity contribution >= 4 is 18.2 Å². The number of benzene rings is 1. The Balaban J connectivity index is 2.70. The Bertz CT molecular complexity index is 308. The minimum atomic E-state index is -3.97. The molecule has 0 fully saturated rings. The first kappa shape index (κ1) is 10.8. The Labute approximate surface area is 81.1 Å². The minimum absolute atomic E-state index is 0.179. The predicted octanol–water partition coefficient (Wildman–Crippen LogP) is 2.57. The summed E-state index contributed by atoms with van der Waals surface area (Å²) in [5.41, 5.74) is 0.927. The fraction of sp³-hybridized carbons (Fsp3) is 0.250. The second-order valence-electron chi connectivity index (χ2n) is 2.65. The summed E-state index contributed by atoms with van der Waals surface area (Å²) in [5.74, 6) is 0. The summed E-state index contributed by atoms with van der Waals surface area (Å²) in [4.78, 5) is 17.4. The van der Waals surface area contributed by atoms with Crippen molar-refractivity contribution in [3.63, 3.8) is 0 Å². The summed E-state index contributed by atoms with van der Waals surface area (Å²) in [7, 11) is 0. The van der Waals surface area contributed by atoms with Crippen LogP contribution < -0.4 is 0 Å². The van der Waals surface area contributed by atoms with Gasteiger partial charge in [0.2, 0.25) is 0 Å². The average molecular weight is 218 g/mol. The number of hydrogen-bond acceptors (Lipinski definition) is 2. The van der Waals surface area contributed by atoms with Gasteiger partial charge in [-0.3, -0.25) is 0 Å². The molecule has 0 spiro atoms. The predicted molar refractivity (Wildman–Crippen MR) is 54.5 cm³/mol. The van der Waals surface area contributed by atoms with Crippen molar-refractivity contribution in [1.29, 1.82) is 0 Å². The largest absolute Gasteiger partial charge is 0.384 e. The molecule has 13 heavy (non-hydrogen) atoms. The molecule has 0 heterocycles. The lowest BCUT2D eigenvalue weighted by atomic mass is 10.2. The molecule has 1 aromatic carbocycles. The topological polar surface area (TPSA) is 57.5 Å². The van der Waals surface area contributed by atoms with Crippen LogP contribution in [0.25, 0.3) is 0 Å². The monoisotopic (exact) mass is 218 g/mol. The molecule has 1 atom stereocenters. The molecule has 1 rings (SSSR count). The van der Waals surface area contributed by atoms with Crippen molar-refractivity contribution < 1.29 is 14.4 Å². The van der Waals surface area contributed by atoms with E-state index in [0.29, 0.717) is 11.4 Å². The quantitative estimate of drug-likeness (QED) is 0.765. The van der Waals surface area contributed by atoms with Crippen LogP contribution in [0.5, 0.6) is 0 Å². The lowest BCUT2D eigenvalue weighted by Gasteiger charge is -2.11. The van der Waals surface area contributed by atoms with Gasteiger partial charge in [0.15, 0.2) is 0 Å². The van der Waals surface area contributed by atoms with E-state index in [1.807, 2.05) is 30.3 Å². The van der Waals surface area contributed by atoms with Gasteiger partial charge < -0.3 is 9.79 Å². The Morgan fingerprint density at radius 2 is 1.85 bits per heavy atom. The van der Waals surface area contributed by atoms with E-state index in [2.05, 4.69) is 0 Å². The van der Waals surface area contributed by atoms with E-state index < -0.39 is 6.80 Å². The van der Waals surface area contributed by atoms with Crippen molar-refractivity contribution in [3.05, 3.63) is 35.9 Å². The van der Waals surface area contributed by atoms with E-state index >= 15 is 0 Å². The lowest BCUT2D eigenvalue weighted by molar-refractivity contribution is 0.396. The lowest BCUT2D eigenvalue weighted by Crippen LogP contribution is -1.86. The highest BCUT2D eigenvalue weighted by atomic mass is 32.7. The Hall–Kier alpha value is -0.280. The zero-order valence-electron chi connectivity index (χ0n) is 7.12. The van der Waals surface area contributed by atoms with Gasteiger partial charge in [-0.15, -0.1) is 0 Å². The van der Waals surface area contributed by atoms with Crippen LogP contribution in [-0.4, -0.2) is 9.79 Å². The molecule has 1 aromatic rings. The molecule has 0 saturated heterocycles. The molecule has 0 aliphatic carbocycles. The molecule has 5 heteroatoms. The first-order chi connectivity index (χ1) is 5.99. The molecule has 0 saturated carbocycles. The van der Waals surface area contributed by atoms with Gasteiger partial charge in [0.05, 0.1) is 0 Å². The van der Waals surface area contributed by atoms with E-state index in [1.54, 1.807) is 6.92 Å². The van der Waals surface area contributed by atoms with Gasteiger partial charge in [-0.25, -0.2) is 4.57 Å². The molecule has 0 aromatic heterocycles. The molecular formula is C8H11O3PS. The molecule has 2 N–H and O–H groups in total. The van der Waals surface area contributed by atoms with E-state index in [9.17, 15) is 4.57 Å². The first-order valence-corrected chi connectivity index (χ1v) is 6.87. The summed E-state index contributed by atoms with van der Waals surface area (Å²) in [6.45, 7) is -2.19. The number of hydrogen-bond donors (Lipinski definition) is 2. The Kier molecular flexibility index (Phi) is 3.56. The maximum Gasteiger partial charge on any atom is 0.384 e. The summed E-state index contributed by atoms with van der Waals surface area (Å²) in [6.07, 6.45) is 0. The van der Waals surface area contributed by atoms with E-state index in [4.69, 9.17) is 9.79 Å². The third kappa shape index (κ3) is 3.96. The summed E-state index contributed by atoms with van der Waals surface area (Å²) < 4.78 is 10.7. The van der Waals surface area contributed by atoms with Crippen molar-refractivity contribution in [1.82, 2.24) is 0 Å². The fourth-order valence-electron chi connectivity index (χ4n) is 0.991. The van der Waals surface area contributed by atoms with Crippen LogP contribution >= 0.6 is 18.2 Å². The van der Waals surface area contributed by atoms with Gasteiger partial charge >= 0.3 is 6.80 Å². The summed E-state index contributed by atoms with van der Waals surface area (Å²) in [5, 5.41) is -0.179. The molecule has 3 nitrogen and oxygen atoms in total. The van der Waals surface area contributed by atoms with E-state index in [1.165, 1.54) is 0 Å². The van der Waals surface area contributed by atoms with Gasteiger partial charge in [-0.05, 0) is 23.9 Å². The molecule has 0 aliphatic heterocycles. The highest BCUT2D eigenvalue weighted by molar-refractivity contribution is 8.54. The van der Waals surface area contributed by atoms with Crippen LogP contribution in [0.1, 0.15) is 17.7 Å². The molecule has 0 aliphatic rings. The molecule has 0 radical (unpaired) electrons. The van der Waals surface area contributed by atoms with Crippen molar-refractivity contribution in [3.8, 4) is 0 Å². The van der Waals surface area contributed by atoms with Crippen LogP contribution in [0.3, 0.4) is 0 Å². The van der Waals surface area contributed by atoms with E-state index in [-0.39, 0.29) is 5.25 Å². The summed E-state index contributed by atoms with van der Waals surface area (Å²) in [6, 6.07) is 9.29. The van der Waals surface area contributed by atoms with Crippen molar-refractivity contribution in [2.24, 2.45) is 0 Å². The molecule has 0 bridgehead atoms. The Morgan fingerprint density at radius 1 is 1.31 bits per heavy atom. The normalized spacial score (nSPS) is 14.1. The SMILES string of the molecule is CC(SP(=O)(O)O)c1ccccc1. The second-order valence-corrected chi connectivity index (χ2v) is 6.61. The van der Waals surface area contributed by atoms with Crippen LogP contribution in [0.4, 0.5) is 0 Å². The standard InChI is InChI=1S/C8H11O3PS/c1-7(13-12(9,10)11)8-5-3-2-4-6-8/h2-7H,1H3,(H2,9,10,11). The van der Waals surface area contributed by atoms with Gasteiger partial charge in [0.25, 0.3) is 0 Å². The zero-order valence-corrected chi connectivity index (χ0v) is 8.83. The fourth-order valence-corrected chi connectivity index (χ4v) is 3.28. The van der Waals surface area contributed by atoms with Gasteiger partial charge in [-0.2, -0.15) is 0 Å². The maximum absolute atomic E-state index is 10.7. The van der Waals surface area contributed by atoms with Gasteiger partial charge in [0, 0.05) is 5.25 Å². The van der Waals surface area contributed by atoms with Crippen molar-refractivity contribution in [2.45, 2.75) is 12.2 Å². The van der Waals surface area contributed by atoms with Crippen LogP contribution in [0, 0.1) is 0 Å². The van der Waals surface area contributed by atoms with Gasteiger partial charge in [-0.1, -0.05) is 30.3 Å². The van der Waals surface area contributed by atoms with Crippen molar-refractivity contribution in [2.75, 3.05) is 0 Å². The highest BCUT2D eigenvalue weighted by Gasteiger charge is 2.19. The first-order valence-electron chi connectivity index (χ1n) is 3.78. The van der Waals surface area contributed by atoms with E-state index in [0.717, 1.165) is 5.56 Å². The third-order valence-electron chi connectivity index (χ3n) is 1.56. The van der Waals surface area contributed by atoms with Crippen LogP contribution in [0.2, 0.25) is 0 Å². The second kappa shape index (κ2) is 4.29. The third-order valence-corrected chi connectivity index (χ3v) is 4.20. The summed E-state index contributed by atoms with van der Waals surface area (Å²) >= 11 is 0.676. The van der Waals surface area contributed by atoms with Gasteiger partial charge in [0.1, 0.15) is 0 Å². The van der Waals surface area contributed by atoms with Crippen LogP contribution in [0.15, 0.2) is 30.3 Å². The zero-order chi connectivity index (χ0) is 9.90. The molecule has 0 amide bonds. The molecule has 72 valence electrons. The minimum Gasteiger partial charge on any atom is -0.317 e. The number of rotatable bonds is 3. The average Bonchev–Trinajstić information content (AvgIpc) is 2.03. The molecule has 1 unspecified atom stereocenters. The smallest absolute Gasteiger partial charge is 0.317 e. The highest BCUT2D eigenvalue weighted by Crippen LogP contribution is 2.57. The molecular weight excluding hydrogens is 207 g/mol. The maximum atomic E-state index is 10.7. The Morgan fingerprint density at radius 3 is 2.31 bits per heavy atom. The van der Waals surface area contributed by atoms with Crippen LogP contribution in [-0.2, 0) is 4.57 Å².